The fourth-order valence-electron chi connectivity index (χ4n) is 4.76. The Hall–Kier alpha value is 1.32. The van der Waals surface area contributed by atoms with Gasteiger partial charge in [0.15, 0.2) is 0 Å². The van der Waals surface area contributed by atoms with Gasteiger partial charge in [-0.05, 0) is 44.4 Å². The maximum absolute atomic E-state index is 2.46. The Kier molecular flexibility index (Phi) is 8.15. The van der Waals surface area contributed by atoms with E-state index in [9.17, 15) is 0 Å². The normalized spacial score (nSPS) is 29.6. The summed E-state index contributed by atoms with van der Waals surface area (Å²) in [6.45, 7) is 1.22. The molecule has 146 valence electrons. The van der Waals surface area contributed by atoms with Crippen LogP contribution in [0.4, 0.5) is 0 Å². The zero-order valence-electron chi connectivity index (χ0n) is 15.2. The zero-order chi connectivity index (χ0) is 17.9. The first-order chi connectivity index (χ1) is 12.0. The minimum absolute atomic E-state index is 0.593. The van der Waals surface area contributed by atoms with E-state index in [-0.39, 0.29) is 0 Å². The molecular formula is C19H31I2N3Pt. The molecule has 25 heavy (non-hydrogen) atoms. The topological polar surface area (TPSA) is 13.1 Å². The van der Waals surface area contributed by atoms with Crippen molar-refractivity contribution in [3.63, 3.8) is 0 Å². The van der Waals surface area contributed by atoms with Crippen LogP contribution >= 0.6 is 45.7 Å². The fourth-order valence-corrected chi connectivity index (χ4v) is 6.75. The summed E-state index contributed by atoms with van der Waals surface area (Å²) < 4.78 is 8.33. The second kappa shape index (κ2) is 9.69. The summed E-state index contributed by atoms with van der Waals surface area (Å²) in [6.07, 6.45) is 20.3. The first-order valence-corrected chi connectivity index (χ1v) is 12.9. The average Bonchev–Trinajstić information content (AvgIpc) is 2.97. The van der Waals surface area contributed by atoms with Gasteiger partial charge in [-0.1, -0.05) is 0 Å². The smallest absolute Gasteiger partial charge is 0.0408 e. The van der Waals surface area contributed by atoms with Crippen molar-refractivity contribution in [1.29, 1.82) is 0 Å². The molecule has 5 rings (SSSR count). The molecule has 4 saturated carbocycles. The molecule has 2 bridgehead atoms. The molecule has 4 aliphatic carbocycles. The molecule has 0 spiro atoms. The van der Waals surface area contributed by atoms with Gasteiger partial charge in [-0.15, -0.1) is 0 Å². The molecule has 0 saturated heterocycles. The van der Waals surface area contributed by atoms with Gasteiger partial charge >= 0.3 is 96.3 Å². The largest absolute Gasteiger partial charge is 0.182 e. The molecular weight excluding hydrogens is 719 g/mol. The van der Waals surface area contributed by atoms with Gasteiger partial charge in [0.25, 0.3) is 0 Å². The molecule has 0 atom stereocenters. The van der Waals surface area contributed by atoms with Gasteiger partial charge in [-0.25, -0.2) is 0 Å². The molecule has 1 aromatic rings. The number of hydrogen-bond acceptors (Lipinski definition) is 1. The second-order valence-electron chi connectivity index (χ2n) is 8.25. The van der Waals surface area contributed by atoms with E-state index >= 15 is 0 Å². The average molecular weight is 750 g/mol. The monoisotopic (exact) mass is 750 g/mol. The van der Waals surface area contributed by atoms with Crippen LogP contribution in [0.2, 0.25) is 0 Å². The standard InChI is InChI=1S/C11H18N2.C8H13I2N.Pt/c1-12-7-8-13(10-12)9-11-5-3-2-4-6-11;9-11(10)8-4-1-7(2-5-8)3-6-8;/h7-8,11H,2-6,9H2,1H3;7H,1-6H2;. The molecule has 0 aliphatic heterocycles. The van der Waals surface area contributed by atoms with Crippen LogP contribution in [0.3, 0.4) is 0 Å². The minimum Gasteiger partial charge on any atom is -0.182 e. The molecule has 1 aromatic heterocycles. The predicted molar refractivity (Wildman–Crippen MR) is 117 cm³/mol. The van der Waals surface area contributed by atoms with Gasteiger partial charge in [-0.3, -0.25) is 0 Å². The molecule has 3 nitrogen and oxygen atoms in total. The Bertz CT molecular complexity index is 582. The quantitative estimate of drug-likeness (QED) is 0.266. The van der Waals surface area contributed by atoms with Crippen LogP contribution < -0.4 is 0 Å². The third-order valence-electron chi connectivity index (χ3n) is 6.55. The number of aromatic nitrogens is 2. The van der Waals surface area contributed by atoms with Gasteiger partial charge in [0.05, 0.1) is 0 Å². The van der Waals surface area contributed by atoms with Crippen molar-refractivity contribution in [2.75, 3.05) is 0 Å². The van der Waals surface area contributed by atoms with Crippen molar-refractivity contribution in [2.24, 2.45) is 18.9 Å². The molecule has 0 unspecified atom stereocenters. The minimum atomic E-state index is 0.593. The van der Waals surface area contributed by atoms with E-state index in [1.54, 1.807) is 0 Å². The molecule has 0 N–H and O–H groups in total. The van der Waals surface area contributed by atoms with Crippen molar-refractivity contribution in [3.8, 4) is 0 Å². The first kappa shape index (κ1) is 21.0. The summed E-state index contributed by atoms with van der Waals surface area (Å²) in [5.74, 6) is 2.01. The SMILES string of the molecule is Cn1ccn(CC2CCCCC2)[c]1=[Pt].IN(I)C12CCC(CC1)CC2. The Morgan fingerprint density at radius 3 is 2.08 bits per heavy atom. The number of fused-ring (bicyclic) bond motifs is 3. The Morgan fingerprint density at radius 1 is 1.04 bits per heavy atom. The molecule has 4 fully saturated rings. The second-order valence-corrected chi connectivity index (χ2v) is 13.0. The summed E-state index contributed by atoms with van der Waals surface area (Å²) in [4.78, 5) is 0. The summed E-state index contributed by atoms with van der Waals surface area (Å²) >= 11 is 7.32. The van der Waals surface area contributed by atoms with Crippen molar-refractivity contribution in [3.05, 3.63) is 16.2 Å². The van der Waals surface area contributed by atoms with Gasteiger partial charge in [0.1, 0.15) is 0 Å². The number of rotatable bonds is 3. The molecule has 0 radical (unpaired) electrons. The van der Waals surface area contributed by atoms with Gasteiger partial charge in [0, 0.05) is 51.3 Å². The predicted octanol–water partition coefficient (Wildman–Crippen LogP) is 6.20. The summed E-state index contributed by atoms with van der Waals surface area (Å²) in [6, 6.07) is 0. The van der Waals surface area contributed by atoms with Crippen LogP contribution in [-0.2, 0) is 32.9 Å². The number of aryl methyl sites for hydroxylation is 1. The number of imidazole rings is 1. The van der Waals surface area contributed by atoms with Crippen LogP contribution in [0.25, 0.3) is 0 Å². The van der Waals surface area contributed by atoms with Crippen molar-refractivity contribution in [2.45, 2.75) is 82.7 Å². The van der Waals surface area contributed by atoms with Crippen LogP contribution in [0.1, 0.15) is 70.6 Å². The third-order valence-corrected chi connectivity index (χ3v) is 10.1. The Labute approximate surface area is 191 Å². The fraction of sp³-hybridized carbons (Fsp3) is 0.842. The number of halogens is 2. The molecule has 0 amide bonds. The van der Waals surface area contributed by atoms with Crippen LogP contribution in [-0.4, -0.2) is 16.0 Å². The van der Waals surface area contributed by atoms with E-state index in [0.717, 1.165) is 11.8 Å². The van der Waals surface area contributed by atoms with E-state index in [2.05, 4.69) is 95.0 Å². The van der Waals surface area contributed by atoms with Gasteiger partial charge < -0.3 is 0 Å². The Balaban J connectivity index is 0.000000150. The van der Waals surface area contributed by atoms with E-state index in [1.807, 2.05) is 0 Å². The molecule has 6 heteroatoms. The number of nitrogens with zero attached hydrogens (tertiary/aromatic N) is 3. The van der Waals surface area contributed by atoms with Gasteiger partial charge in [-0.2, -0.15) is 1.33 Å². The first-order valence-electron chi connectivity index (χ1n) is 9.79. The van der Waals surface area contributed by atoms with E-state index in [0.29, 0.717) is 5.54 Å². The maximum Gasteiger partial charge on any atom is 0.0408 e. The van der Waals surface area contributed by atoms with Crippen LogP contribution in [0.5, 0.6) is 0 Å². The summed E-state index contributed by atoms with van der Waals surface area (Å²) in [5, 5.41) is 0. The van der Waals surface area contributed by atoms with E-state index in [4.69, 9.17) is 0 Å². The zero-order valence-corrected chi connectivity index (χ0v) is 21.8. The Morgan fingerprint density at radius 2 is 1.64 bits per heavy atom. The summed E-state index contributed by atoms with van der Waals surface area (Å²) in [7, 11) is 2.11. The van der Waals surface area contributed by atoms with E-state index < -0.39 is 0 Å². The van der Waals surface area contributed by atoms with Crippen LogP contribution in [0.15, 0.2) is 12.4 Å². The molecule has 0 aromatic carbocycles. The maximum atomic E-state index is 2.46. The van der Waals surface area contributed by atoms with Crippen molar-refractivity contribution in [1.82, 2.24) is 10.5 Å². The third kappa shape index (κ3) is 5.44. The molecule has 1 heterocycles. The van der Waals surface area contributed by atoms with Gasteiger partial charge in [0.2, 0.25) is 0 Å². The summed E-state index contributed by atoms with van der Waals surface area (Å²) in [5.41, 5.74) is 0.593. The van der Waals surface area contributed by atoms with Crippen molar-refractivity contribution < 1.29 is 19.4 Å². The molecule has 4 aliphatic rings. The van der Waals surface area contributed by atoms with E-state index in [1.165, 1.54) is 81.0 Å². The van der Waals surface area contributed by atoms with Crippen molar-refractivity contribution >= 4 is 45.7 Å². The number of hydrogen-bond donors (Lipinski definition) is 0. The van der Waals surface area contributed by atoms with Crippen LogP contribution in [0, 0.1) is 15.6 Å².